The van der Waals surface area contributed by atoms with E-state index in [2.05, 4.69) is 10.5 Å². The Hall–Kier alpha value is -1.89. The summed E-state index contributed by atoms with van der Waals surface area (Å²) in [5, 5.41) is 14.7. The normalized spacial score (nSPS) is 10.6. The van der Waals surface area contributed by atoms with Gasteiger partial charge in [0.05, 0.1) is 12.2 Å². The molecule has 0 spiro atoms. The molecule has 0 aliphatic carbocycles. The first kappa shape index (κ1) is 14.2. The highest BCUT2D eigenvalue weighted by Gasteiger charge is 2.09. The molecule has 0 saturated heterocycles. The Balaban J connectivity index is 2.25. The molecule has 0 bridgehead atoms. The summed E-state index contributed by atoms with van der Waals surface area (Å²) in [5.74, 6) is -0.731. The van der Waals surface area contributed by atoms with E-state index in [1.54, 1.807) is 24.9 Å². The maximum Gasteiger partial charge on any atom is 0.303 e. The number of amides is 1. The monoisotopic (exact) mass is 255 g/mol. The minimum absolute atomic E-state index is 0.104. The number of nitrogens with one attached hydrogen (secondary N) is 1. The Labute approximate surface area is 105 Å². The van der Waals surface area contributed by atoms with E-state index in [4.69, 9.17) is 9.63 Å². The predicted molar refractivity (Wildman–Crippen MR) is 64.2 cm³/mol. The maximum atomic E-state index is 11.6. The van der Waals surface area contributed by atoms with Crippen molar-refractivity contribution in [3.63, 3.8) is 0 Å². The summed E-state index contributed by atoms with van der Waals surface area (Å²) in [6.07, 6.45) is 0.619. The van der Waals surface area contributed by atoms with Gasteiger partial charge in [0.15, 0.2) is 0 Å². The van der Waals surface area contributed by atoms with Gasteiger partial charge in [-0.3, -0.25) is 19.8 Å². The van der Waals surface area contributed by atoms with Crippen LogP contribution in [0.15, 0.2) is 10.6 Å². The molecular formula is C11H17N3O4. The lowest BCUT2D eigenvalue weighted by Crippen LogP contribution is -2.31. The van der Waals surface area contributed by atoms with E-state index in [-0.39, 0.29) is 18.9 Å². The van der Waals surface area contributed by atoms with Crippen LogP contribution in [0.25, 0.3) is 0 Å². The van der Waals surface area contributed by atoms with Gasteiger partial charge in [0.25, 0.3) is 0 Å². The number of carboxylic acids is 1. The molecule has 18 heavy (non-hydrogen) atoms. The lowest BCUT2D eigenvalue weighted by molar-refractivity contribution is -0.137. The summed E-state index contributed by atoms with van der Waals surface area (Å²) in [5.41, 5.74) is 0.695. The largest absolute Gasteiger partial charge is 0.481 e. The van der Waals surface area contributed by atoms with Crippen molar-refractivity contribution < 1.29 is 19.2 Å². The average Bonchev–Trinajstić information content (AvgIpc) is 2.62. The number of hydrogen-bond acceptors (Lipinski definition) is 5. The number of carbonyl (C=O) groups is 2. The van der Waals surface area contributed by atoms with Crippen molar-refractivity contribution in [2.24, 2.45) is 0 Å². The van der Waals surface area contributed by atoms with Gasteiger partial charge >= 0.3 is 5.97 Å². The number of carboxylic acid groups (broad SMARTS) is 1. The van der Waals surface area contributed by atoms with E-state index in [1.165, 1.54) is 0 Å². The maximum absolute atomic E-state index is 11.6. The number of rotatable bonds is 7. The van der Waals surface area contributed by atoms with E-state index in [9.17, 15) is 9.59 Å². The molecule has 0 aliphatic heterocycles. The number of hydrogen-bond donors (Lipinski definition) is 2. The molecule has 0 unspecified atom stereocenters. The summed E-state index contributed by atoms with van der Waals surface area (Å²) < 4.78 is 4.85. The SMILES string of the molecule is Cc1cc(NC(=O)CN(C)CCCC(=O)O)on1. The Morgan fingerprint density at radius 1 is 1.56 bits per heavy atom. The molecule has 100 valence electrons. The molecule has 7 nitrogen and oxygen atoms in total. The van der Waals surface area contributed by atoms with Crippen LogP contribution in [0.2, 0.25) is 0 Å². The van der Waals surface area contributed by atoms with Crippen molar-refractivity contribution >= 4 is 17.8 Å². The molecule has 7 heteroatoms. The van der Waals surface area contributed by atoms with Crippen molar-refractivity contribution in [3.8, 4) is 0 Å². The van der Waals surface area contributed by atoms with Crippen LogP contribution >= 0.6 is 0 Å². The molecule has 1 amide bonds. The molecule has 1 heterocycles. The van der Waals surface area contributed by atoms with Gasteiger partial charge in [-0.25, -0.2) is 0 Å². The molecule has 1 rings (SSSR count). The van der Waals surface area contributed by atoms with Gasteiger partial charge in [0, 0.05) is 12.5 Å². The minimum Gasteiger partial charge on any atom is -0.481 e. The summed E-state index contributed by atoms with van der Waals surface area (Å²) in [6.45, 7) is 2.49. The first-order valence-corrected chi connectivity index (χ1v) is 5.61. The fraction of sp³-hybridized carbons (Fsp3) is 0.545. The van der Waals surface area contributed by atoms with Crippen molar-refractivity contribution in [1.82, 2.24) is 10.1 Å². The van der Waals surface area contributed by atoms with Crippen LogP contribution in [-0.2, 0) is 9.59 Å². The number of anilines is 1. The third kappa shape index (κ3) is 5.44. The fourth-order valence-corrected chi connectivity index (χ4v) is 1.42. The van der Waals surface area contributed by atoms with Crippen LogP contribution in [0.3, 0.4) is 0 Å². The van der Waals surface area contributed by atoms with Crippen LogP contribution in [0.5, 0.6) is 0 Å². The van der Waals surface area contributed by atoms with Crippen LogP contribution in [-0.4, -0.2) is 47.2 Å². The molecule has 0 aliphatic rings. The van der Waals surface area contributed by atoms with Crippen LogP contribution < -0.4 is 5.32 Å². The Bertz CT molecular complexity index is 416. The molecule has 2 N–H and O–H groups in total. The van der Waals surface area contributed by atoms with Crippen molar-refractivity contribution in [2.75, 3.05) is 25.5 Å². The number of likely N-dealkylation sites (N-methyl/N-ethyl adjacent to an activating group) is 1. The molecule has 1 aromatic rings. The molecular weight excluding hydrogens is 238 g/mol. The van der Waals surface area contributed by atoms with Crippen molar-refractivity contribution in [2.45, 2.75) is 19.8 Å². The topological polar surface area (TPSA) is 95.7 Å². The minimum atomic E-state index is -0.829. The number of nitrogens with zero attached hydrogens (tertiary/aromatic N) is 2. The fourth-order valence-electron chi connectivity index (χ4n) is 1.42. The van der Waals surface area contributed by atoms with Gasteiger partial charge < -0.3 is 9.63 Å². The van der Waals surface area contributed by atoms with Gasteiger partial charge in [-0.05, 0) is 26.9 Å². The number of aromatic nitrogens is 1. The first-order valence-electron chi connectivity index (χ1n) is 5.61. The van der Waals surface area contributed by atoms with Gasteiger partial charge in [-0.2, -0.15) is 0 Å². The second-order valence-electron chi connectivity index (χ2n) is 4.12. The third-order valence-electron chi connectivity index (χ3n) is 2.23. The highest BCUT2D eigenvalue weighted by molar-refractivity contribution is 5.90. The molecule has 0 fully saturated rings. The first-order chi connectivity index (χ1) is 8.47. The van der Waals surface area contributed by atoms with Crippen LogP contribution in [0, 0.1) is 6.92 Å². The van der Waals surface area contributed by atoms with E-state index >= 15 is 0 Å². The zero-order valence-electron chi connectivity index (χ0n) is 10.5. The van der Waals surface area contributed by atoms with E-state index in [0.717, 1.165) is 0 Å². The second kappa shape index (κ2) is 6.75. The molecule has 0 atom stereocenters. The van der Waals surface area contributed by atoms with Crippen LogP contribution in [0.4, 0.5) is 5.88 Å². The average molecular weight is 255 g/mol. The lowest BCUT2D eigenvalue weighted by Gasteiger charge is -2.14. The Morgan fingerprint density at radius 2 is 2.28 bits per heavy atom. The van der Waals surface area contributed by atoms with Gasteiger partial charge in [-0.15, -0.1) is 0 Å². The number of carbonyl (C=O) groups excluding carboxylic acids is 1. The predicted octanol–water partition coefficient (Wildman–Crippen LogP) is 0.718. The van der Waals surface area contributed by atoms with Gasteiger partial charge in [-0.1, -0.05) is 5.16 Å². The Morgan fingerprint density at radius 3 is 2.83 bits per heavy atom. The molecule has 0 saturated carbocycles. The van der Waals surface area contributed by atoms with E-state index in [0.29, 0.717) is 24.5 Å². The zero-order chi connectivity index (χ0) is 13.5. The summed E-state index contributed by atoms with van der Waals surface area (Å²) in [6, 6.07) is 1.63. The zero-order valence-corrected chi connectivity index (χ0v) is 10.5. The van der Waals surface area contributed by atoms with Crippen molar-refractivity contribution in [1.29, 1.82) is 0 Å². The summed E-state index contributed by atoms with van der Waals surface area (Å²) in [4.78, 5) is 23.7. The Kier molecular flexibility index (Phi) is 5.31. The second-order valence-corrected chi connectivity index (χ2v) is 4.12. The van der Waals surface area contributed by atoms with E-state index < -0.39 is 5.97 Å². The molecule has 0 radical (unpaired) electrons. The summed E-state index contributed by atoms with van der Waals surface area (Å²) in [7, 11) is 1.76. The molecule has 0 aromatic carbocycles. The standard InChI is InChI=1S/C11H17N3O4/c1-8-6-10(18-13-8)12-9(15)7-14(2)5-3-4-11(16)17/h6H,3-5,7H2,1-2H3,(H,12,15)(H,16,17). The van der Waals surface area contributed by atoms with Gasteiger partial charge in [0.1, 0.15) is 0 Å². The quantitative estimate of drug-likeness (QED) is 0.745. The third-order valence-corrected chi connectivity index (χ3v) is 2.23. The number of aryl methyl sites for hydroxylation is 1. The smallest absolute Gasteiger partial charge is 0.303 e. The highest BCUT2D eigenvalue weighted by Crippen LogP contribution is 2.07. The highest BCUT2D eigenvalue weighted by atomic mass is 16.5. The molecule has 1 aromatic heterocycles. The number of aliphatic carboxylic acids is 1. The van der Waals surface area contributed by atoms with Gasteiger partial charge in [0.2, 0.25) is 11.8 Å². The summed E-state index contributed by atoms with van der Waals surface area (Å²) >= 11 is 0. The van der Waals surface area contributed by atoms with Crippen LogP contribution in [0.1, 0.15) is 18.5 Å². The lowest BCUT2D eigenvalue weighted by atomic mass is 10.3. The van der Waals surface area contributed by atoms with Crippen molar-refractivity contribution in [3.05, 3.63) is 11.8 Å². The van der Waals surface area contributed by atoms with E-state index in [1.807, 2.05) is 0 Å².